The normalized spacial score (nSPS) is 11.9. The second-order valence-corrected chi connectivity index (χ2v) is 9.02. The van der Waals surface area contributed by atoms with E-state index in [0.29, 0.717) is 13.2 Å². The number of amides is 1. The van der Waals surface area contributed by atoms with Gasteiger partial charge in [0.2, 0.25) is 0 Å². The summed E-state index contributed by atoms with van der Waals surface area (Å²) in [6.45, 7) is 15.7. The molecule has 0 fully saturated rings. The van der Waals surface area contributed by atoms with Crippen LogP contribution in [-0.4, -0.2) is 32.5 Å². The Balaban J connectivity index is 0.000000261. The highest BCUT2D eigenvalue weighted by atomic mass is 19.1. The van der Waals surface area contributed by atoms with Crippen LogP contribution in [0.5, 0.6) is 5.75 Å². The van der Waals surface area contributed by atoms with Crippen LogP contribution < -0.4 is 4.74 Å². The van der Waals surface area contributed by atoms with Gasteiger partial charge < -0.3 is 14.0 Å². The van der Waals surface area contributed by atoms with E-state index >= 15 is 0 Å². The molecule has 0 radical (unpaired) electrons. The molecular weight excluding hydrogens is 493 g/mol. The molecular formula is C32H40FN3O3. The predicted octanol–water partition coefficient (Wildman–Crippen LogP) is 7.30. The molecule has 39 heavy (non-hydrogen) atoms. The number of carbonyl (C=O) groups is 2. The Morgan fingerprint density at radius 1 is 1.15 bits per heavy atom. The van der Waals surface area contributed by atoms with Crippen molar-refractivity contribution in [2.24, 2.45) is 0 Å². The summed E-state index contributed by atoms with van der Waals surface area (Å²) in [5.74, 6) is -0.578. The number of Topliss-reactive ketones (excluding diaryl/α,β-unsaturated/α-hetero) is 1. The minimum absolute atomic E-state index is 0.0638. The molecule has 1 amide bonds. The monoisotopic (exact) mass is 533 g/mol. The fourth-order valence-electron chi connectivity index (χ4n) is 3.86. The van der Waals surface area contributed by atoms with Crippen molar-refractivity contribution in [2.75, 3.05) is 6.54 Å². The van der Waals surface area contributed by atoms with E-state index < -0.39 is 0 Å². The first-order chi connectivity index (χ1) is 18.7. The number of nitrogens with zero attached hydrogens (tertiary/aromatic N) is 3. The molecule has 0 N–H and O–H groups in total. The van der Waals surface area contributed by atoms with Crippen molar-refractivity contribution < 1.29 is 18.7 Å². The third-order valence-electron chi connectivity index (χ3n) is 5.83. The van der Waals surface area contributed by atoms with Gasteiger partial charge in [-0.2, -0.15) is 0 Å². The van der Waals surface area contributed by atoms with E-state index in [9.17, 15) is 14.0 Å². The lowest BCUT2D eigenvalue weighted by molar-refractivity contribution is -0.128. The molecule has 2 heterocycles. The lowest BCUT2D eigenvalue weighted by atomic mass is 10.1. The van der Waals surface area contributed by atoms with Gasteiger partial charge in [-0.1, -0.05) is 51.6 Å². The SMILES string of the molecule is C=C(C(C)=O)C(=O)N(CCC)C1=CC=CCC1.CC.Cc1ccc(OCc2ccc3nc(C)cn3c2)c(F)c1. The maximum Gasteiger partial charge on any atom is 0.260 e. The van der Waals surface area contributed by atoms with E-state index in [-0.39, 0.29) is 28.8 Å². The molecule has 0 bridgehead atoms. The average molecular weight is 534 g/mol. The van der Waals surface area contributed by atoms with Crippen LogP contribution >= 0.6 is 0 Å². The minimum atomic E-state index is -0.329. The summed E-state index contributed by atoms with van der Waals surface area (Å²) in [6.07, 6.45) is 12.5. The molecule has 1 aliphatic carbocycles. The second-order valence-electron chi connectivity index (χ2n) is 9.02. The van der Waals surface area contributed by atoms with Crippen molar-refractivity contribution in [3.8, 4) is 5.75 Å². The fourth-order valence-corrected chi connectivity index (χ4v) is 3.86. The number of benzene rings is 1. The highest BCUT2D eigenvalue weighted by Crippen LogP contribution is 2.20. The summed E-state index contributed by atoms with van der Waals surface area (Å²) in [7, 11) is 0. The lowest BCUT2D eigenvalue weighted by Crippen LogP contribution is -2.34. The summed E-state index contributed by atoms with van der Waals surface area (Å²) in [5, 5.41) is 0. The Bertz CT molecular complexity index is 1350. The molecule has 4 rings (SSSR count). The second kappa shape index (κ2) is 15.4. The van der Waals surface area contributed by atoms with Crippen LogP contribution in [0.15, 0.2) is 78.8 Å². The number of carbonyl (C=O) groups excluding carboxylic acids is 2. The Hall–Kier alpha value is -4.00. The number of aromatic nitrogens is 2. The van der Waals surface area contributed by atoms with Gasteiger partial charge in [-0.25, -0.2) is 9.37 Å². The zero-order valence-electron chi connectivity index (χ0n) is 24.0. The summed E-state index contributed by atoms with van der Waals surface area (Å²) < 4.78 is 21.1. The van der Waals surface area contributed by atoms with Gasteiger partial charge in [0, 0.05) is 30.2 Å². The standard InChI is InChI=1S/C16H15FN2O.C14H19NO2.C2H6/c1-11-3-5-15(14(17)7-11)20-10-13-4-6-16-18-12(2)8-19(16)9-13;1-4-10-15(13-8-6-5-7-9-13)14(17)11(2)12(3)16;1-2/h3-9H,10H2,1-2H3;5-6,8H,2,4,7,9-10H2,1,3H3;1-2H3. The number of fused-ring (bicyclic) bond motifs is 1. The van der Waals surface area contributed by atoms with E-state index in [1.165, 1.54) is 13.0 Å². The topological polar surface area (TPSA) is 63.9 Å². The number of imidazole rings is 1. The highest BCUT2D eigenvalue weighted by molar-refractivity contribution is 6.18. The van der Waals surface area contributed by atoms with E-state index in [1.54, 1.807) is 11.0 Å². The number of pyridine rings is 1. The fraction of sp³-hybridized carbons (Fsp3) is 0.344. The van der Waals surface area contributed by atoms with Gasteiger partial charge in [0.25, 0.3) is 5.91 Å². The average Bonchev–Trinajstić information content (AvgIpc) is 3.31. The minimum Gasteiger partial charge on any atom is -0.486 e. The Morgan fingerprint density at radius 3 is 2.51 bits per heavy atom. The Morgan fingerprint density at radius 2 is 1.90 bits per heavy atom. The van der Waals surface area contributed by atoms with Crippen molar-refractivity contribution in [1.82, 2.24) is 14.3 Å². The molecule has 1 aromatic carbocycles. The van der Waals surface area contributed by atoms with E-state index in [4.69, 9.17) is 4.74 Å². The number of allylic oxidation sites excluding steroid dienone is 4. The number of hydrogen-bond donors (Lipinski definition) is 0. The van der Waals surface area contributed by atoms with Crippen LogP contribution in [0.3, 0.4) is 0 Å². The number of aryl methyl sites for hydroxylation is 2. The maximum absolute atomic E-state index is 13.7. The predicted molar refractivity (Wildman–Crippen MR) is 155 cm³/mol. The Kier molecular flexibility index (Phi) is 12.3. The van der Waals surface area contributed by atoms with Gasteiger partial charge in [0.15, 0.2) is 17.3 Å². The van der Waals surface area contributed by atoms with Crippen LogP contribution in [-0.2, 0) is 16.2 Å². The smallest absolute Gasteiger partial charge is 0.260 e. The molecule has 208 valence electrons. The van der Waals surface area contributed by atoms with E-state index in [1.807, 2.05) is 81.8 Å². The third-order valence-corrected chi connectivity index (χ3v) is 5.83. The van der Waals surface area contributed by atoms with E-state index in [2.05, 4.69) is 17.6 Å². The van der Waals surface area contributed by atoms with Gasteiger partial charge in [-0.05, 0) is 69.9 Å². The molecule has 7 heteroatoms. The molecule has 0 unspecified atom stereocenters. The van der Waals surface area contributed by atoms with Crippen molar-refractivity contribution >= 4 is 17.3 Å². The molecule has 2 aromatic heterocycles. The van der Waals surface area contributed by atoms with Gasteiger partial charge in [0.1, 0.15) is 12.3 Å². The molecule has 6 nitrogen and oxygen atoms in total. The van der Waals surface area contributed by atoms with Crippen molar-refractivity contribution in [1.29, 1.82) is 0 Å². The third kappa shape index (κ3) is 9.06. The highest BCUT2D eigenvalue weighted by Gasteiger charge is 2.22. The molecule has 0 atom stereocenters. The molecule has 0 aliphatic heterocycles. The van der Waals surface area contributed by atoms with Crippen LogP contribution in [0, 0.1) is 19.7 Å². The maximum atomic E-state index is 13.7. The van der Waals surface area contributed by atoms with Gasteiger partial charge in [-0.3, -0.25) is 9.59 Å². The number of halogens is 1. The first kappa shape index (κ1) is 31.2. The molecule has 0 saturated carbocycles. The van der Waals surface area contributed by atoms with Crippen LogP contribution in [0.1, 0.15) is 63.8 Å². The molecule has 0 saturated heterocycles. The molecule has 3 aromatic rings. The molecule has 0 spiro atoms. The number of hydrogen-bond acceptors (Lipinski definition) is 4. The van der Waals surface area contributed by atoms with Crippen LogP contribution in [0.25, 0.3) is 5.65 Å². The van der Waals surface area contributed by atoms with Crippen LogP contribution in [0.4, 0.5) is 4.39 Å². The van der Waals surface area contributed by atoms with Gasteiger partial charge in [-0.15, -0.1) is 0 Å². The summed E-state index contributed by atoms with van der Waals surface area (Å²) >= 11 is 0. The quantitative estimate of drug-likeness (QED) is 0.173. The largest absolute Gasteiger partial charge is 0.486 e. The van der Waals surface area contributed by atoms with Crippen molar-refractivity contribution in [2.45, 2.75) is 67.4 Å². The van der Waals surface area contributed by atoms with Gasteiger partial charge >= 0.3 is 0 Å². The zero-order valence-corrected chi connectivity index (χ0v) is 24.0. The Labute approximate surface area is 231 Å². The van der Waals surface area contributed by atoms with Crippen molar-refractivity contribution in [3.05, 3.63) is 101 Å². The van der Waals surface area contributed by atoms with Crippen molar-refractivity contribution in [3.63, 3.8) is 0 Å². The number of ether oxygens (including phenoxy) is 1. The number of ketones is 1. The summed E-state index contributed by atoms with van der Waals surface area (Å²) in [4.78, 5) is 29.3. The first-order valence-corrected chi connectivity index (χ1v) is 13.4. The number of rotatable bonds is 8. The summed E-state index contributed by atoms with van der Waals surface area (Å²) in [5.41, 5.74) is 4.75. The van der Waals surface area contributed by atoms with Gasteiger partial charge in [0.05, 0.1) is 11.3 Å². The van der Waals surface area contributed by atoms with Crippen LogP contribution in [0.2, 0.25) is 0 Å². The zero-order chi connectivity index (χ0) is 28.9. The van der Waals surface area contributed by atoms with E-state index in [0.717, 1.165) is 47.4 Å². The first-order valence-electron chi connectivity index (χ1n) is 13.4. The molecule has 1 aliphatic rings. The summed E-state index contributed by atoms with van der Waals surface area (Å²) in [6, 6.07) is 8.83. The lowest BCUT2D eigenvalue weighted by Gasteiger charge is -2.26.